The Balaban J connectivity index is 0.000000344. The van der Waals surface area contributed by atoms with Gasteiger partial charge in [0.25, 0.3) is 11.8 Å². The van der Waals surface area contributed by atoms with Crippen molar-refractivity contribution in [3.8, 4) is 29.4 Å². The van der Waals surface area contributed by atoms with Crippen LogP contribution in [0.25, 0.3) is 0 Å². The van der Waals surface area contributed by atoms with Crippen LogP contribution in [0.4, 0.5) is 0 Å². The number of hydrogen-bond acceptors (Lipinski definition) is 15. The summed E-state index contributed by atoms with van der Waals surface area (Å²) in [6, 6.07) is 20.0. The Labute approximate surface area is 472 Å². The van der Waals surface area contributed by atoms with Gasteiger partial charge < -0.3 is 44.4 Å². The molecule has 3 aromatic rings. The van der Waals surface area contributed by atoms with Gasteiger partial charge in [-0.3, -0.25) is 9.59 Å². The summed E-state index contributed by atoms with van der Waals surface area (Å²) in [5, 5.41) is 31.0. The van der Waals surface area contributed by atoms with Gasteiger partial charge in [-0.1, -0.05) is 124 Å². The predicted molar refractivity (Wildman–Crippen MR) is 311 cm³/mol. The lowest BCUT2D eigenvalue weighted by molar-refractivity contribution is -0.115. The summed E-state index contributed by atoms with van der Waals surface area (Å²) in [4.78, 5) is 56.4. The second-order valence-corrected chi connectivity index (χ2v) is 18.4. The number of alkyl halides is 1. The molecule has 0 unspecified atom stereocenters. The largest absolute Gasteiger partial charge is 0.479 e. The fraction of sp³-hybridized carbons (Fsp3) is 0.345. The molecule has 0 aliphatic heterocycles. The summed E-state index contributed by atoms with van der Waals surface area (Å²) in [6.45, 7) is 12.3. The smallest absolute Gasteiger partial charge is 0.273 e. The number of carbonyl (C=O) groups excluding carboxylic acids is 2. The predicted octanol–water partition coefficient (Wildman–Crippen LogP) is 10.5. The summed E-state index contributed by atoms with van der Waals surface area (Å²) in [6.07, 6.45) is 2.43. The molecule has 0 radical (unpaired) electrons. The molecular weight excluding hydrogens is 1060 g/mol. The summed E-state index contributed by atoms with van der Waals surface area (Å²) in [5.41, 5.74) is 13.9. The highest BCUT2D eigenvalue weighted by atomic mass is 35.5. The van der Waals surface area contributed by atoms with Crippen LogP contribution in [0, 0.1) is 23.7 Å². The average Bonchev–Trinajstić information content (AvgIpc) is 3.44. The first-order valence-corrected chi connectivity index (χ1v) is 25.6. The highest BCUT2D eigenvalue weighted by molar-refractivity contribution is 6.48. The van der Waals surface area contributed by atoms with E-state index in [9.17, 15) is 9.59 Å². The van der Waals surface area contributed by atoms with Gasteiger partial charge in [-0.15, -0.1) is 11.6 Å². The van der Waals surface area contributed by atoms with Crippen molar-refractivity contribution in [3.05, 3.63) is 144 Å². The number of hydrogen-bond donors (Lipinski definition) is 2. The minimum Gasteiger partial charge on any atom is -0.479 e. The summed E-state index contributed by atoms with van der Waals surface area (Å²) < 4.78 is 5.61. The van der Waals surface area contributed by atoms with Crippen LogP contribution in [-0.2, 0) is 38.6 Å². The molecule has 0 atom stereocenters. The minimum absolute atomic E-state index is 0.162. The first-order valence-electron chi connectivity index (χ1n) is 24.3. The van der Waals surface area contributed by atoms with E-state index in [2.05, 4.69) is 79.1 Å². The van der Waals surface area contributed by atoms with E-state index < -0.39 is 0 Å². The molecule has 0 aromatic heterocycles. The van der Waals surface area contributed by atoms with Gasteiger partial charge in [0.2, 0.25) is 0 Å². The van der Waals surface area contributed by atoms with Gasteiger partial charge >= 0.3 is 0 Å². The molecule has 0 heterocycles. The topological polar surface area (TPSA) is 197 Å². The zero-order chi connectivity index (χ0) is 57.1. The average molecular weight is 1120 g/mol. The summed E-state index contributed by atoms with van der Waals surface area (Å²) >= 11 is 17.7. The quantitative estimate of drug-likeness (QED) is 0.0364. The van der Waals surface area contributed by atoms with Crippen LogP contribution in [0.15, 0.2) is 142 Å². The van der Waals surface area contributed by atoms with Crippen molar-refractivity contribution in [2.75, 3.05) is 68.2 Å². The maximum atomic E-state index is 12.5. The molecule has 0 saturated heterocycles. The maximum Gasteiger partial charge on any atom is 0.273 e. The van der Waals surface area contributed by atoms with Crippen LogP contribution in [0.5, 0.6) is 5.75 Å². The third-order valence-corrected chi connectivity index (χ3v) is 12.6. The van der Waals surface area contributed by atoms with Crippen molar-refractivity contribution in [1.82, 2.24) is 10.6 Å². The van der Waals surface area contributed by atoms with E-state index in [4.69, 9.17) is 68.6 Å². The second kappa shape index (κ2) is 32.7. The SMILES string of the molecule is CNC(=O)/C(=N/OC)C1=C(CO/N=C(C)/C(=N/OC)c2ccc(C#CCCl)cc2)CC(C)=C(C)C1.CNC(=O)/C(=N/OC)C1=C(CO/N=C(C)/C(=N/OC)c2ccc(C#CCOc3ccc(Cl)cc3Cl)cc2)CC(C)=C(C)C1. The second-order valence-electron chi connectivity index (χ2n) is 17.3. The van der Waals surface area contributed by atoms with Gasteiger partial charge in [-0.25, -0.2) is 0 Å². The number of nitrogens with zero attached hydrogens (tertiary/aromatic N) is 6. The number of allylic oxidation sites excluding steroid dienone is 4. The Hall–Kier alpha value is -7.83. The Bertz CT molecular complexity index is 3090. The van der Waals surface area contributed by atoms with Crippen LogP contribution >= 0.6 is 34.8 Å². The van der Waals surface area contributed by atoms with E-state index in [1.165, 1.54) is 50.7 Å². The van der Waals surface area contributed by atoms with E-state index in [0.29, 0.717) is 64.3 Å². The number of ether oxygens (including phenoxy) is 1. The zero-order valence-electron chi connectivity index (χ0n) is 46.0. The van der Waals surface area contributed by atoms with Gasteiger partial charge in [0, 0.05) is 41.4 Å². The Morgan fingerprint density at radius 1 is 0.551 bits per heavy atom. The number of amides is 2. The van der Waals surface area contributed by atoms with Crippen molar-refractivity contribution in [2.24, 2.45) is 30.9 Å². The van der Waals surface area contributed by atoms with Gasteiger partial charge in [-0.05, 0) is 132 Å². The Morgan fingerprint density at radius 3 is 1.33 bits per heavy atom. The third kappa shape index (κ3) is 18.7. The first-order chi connectivity index (χ1) is 37.5. The van der Waals surface area contributed by atoms with Crippen LogP contribution in [0.1, 0.15) is 89.5 Å². The number of halogens is 3. The number of carbonyl (C=O) groups is 2. The highest BCUT2D eigenvalue weighted by Gasteiger charge is 2.27. The van der Waals surface area contributed by atoms with Gasteiger partial charge in [0.05, 0.1) is 10.9 Å². The Kier molecular flexibility index (Phi) is 26.3. The van der Waals surface area contributed by atoms with E-state index in [1.807, 2.05) is 62.4 Å². The normalized spacial score (nSPS) is 14.5. The molecule has 0 spiro atoms. The van der Waals surface area contributed by atoms with E-state index in [0.717, 1.165) is 44.5 Å². The molecular formula is C58H65Cl3N8O9. The molecule has 17 nitrogen and oxygen atoms in total. The Morgan fingerprint density at radius 2 is 0.949 bits per heavy atom. The van der Waals surface area contributed by atoms with Crippen LogP contribution in [0.3, 0.4) is 0 Å². The van der Waals surface area contributed by atoms with Crippen LogP contribution < -0.4 is 15.4 Å². The summed E-state index contributed by atoms with van der Waals surface area (Å²) in [5.74, 6) is 12.0. The molecule has 2 aliphatic carbocycles. The number of benzene rings is 3. The van der Waals surface area contributed by atoms with Crippen molar-refractivity contribution in [2.45, 2.75) is 67.2 Å². The first kappa shape index (κ1) is 62.7. The van der Waals surface area contributed by atoms with Gasteiger partial charge in [-0.2, -0.15) is 0 Å². The molecule has 2 N–H and O–H groups in total. The zero-order valence-corrected chi connectivity index (χ0v) is 48.3. The van der Waals surface area contributed by atoms with Gasteiger partial charge in [0.1, 0.15) is 76.9 Å². The van der Waals surface area contributed by atoms with E-state index in [-0.39, 0.29) is 48.9 Å². The van der Waals surface area contributed by atoms with Crippen LogP contribution in [0.2, 0.25) is 10.0 Å². The van der Waals surface area contributed by atoms with Crippen molar-refractivity contribution in [1.29, 1.82) is 0 Å². The number of oxime groups is 6. The molecule has 2 aliphatic rings. The molecule has 78 heavy (non-hydrogen) atoms. The fourth-order valence-electron chi connectivity index (χ4n) is 7.64. The molecule has 20 heteroatoms. The van der Waals surface area contributed by atoms with Crippen LogP contribution in [-0.4, -0.2) is 114 Å². The molecule has 2 amide bonds. The van der Waals surface area contributed by atoms with E-state index in [1.54, 1.807) is 46.1 Å². The molecule has 5 rings (SSSR count). The fourth-order valence-corrected chi connectivity index (χ4v) is 8.17. The molecule has 0 fully saturated rings. The monoisotopic (exact) mass is 1120 g/mol. The molecule has 3 aromatic carbocycles. The molecule has 0 bridgehead atoms. The lowest BCUT2D eigenvalue weighted by atomic mass is 9.85. The van der Waals surface area contributed by atoms with Gasteiger partial charge in [0.15, 0.2) is 11.4 Å². The van der Waals surface area contributed by atoms with Crippen molar-refractivity contribution in [3.63, 3.8) is 0 Å². The lowest BCUT2D eigenvalue weighted by Gasteiger charge is -2.22. The highest BCUT2D eigenvalue weighted by Crippen LogP contribution is 2.33. The molecule has 0 saturated carbocycles. The lowest BCUT2D eigenvalue weighted by Crippen LogP contribution is -2.31. The standard InChI is InChI=1S/C32H34Cl2N4O5.C26H31ClN4O4/c1-20-16-25(27(17-21(20)2)31(38-41-6)32(39)35-4)19-43-36-22(3)30(37-40-5)24-11-9-23(10-12-24)8-7-15-42-29-14-13-26(33)18-28(29)34;1-17-14-22(23(15-18(17)2)25(31-34-6)26(32)28-4)16-35-29-19(3)24(30-33-5)21-11-9-20(10-12-21)8-7-13-27/h9-14,18H,15-17,19H2,1-6H3,(H,35,39);9-12H,13-16H2,1-6H3,(H,28,32)/b36-22+,37-30-,38-31+;29-19+,30-24-,31-25+. The van der Waals surface area contributed by atoms with Crippen molar-refractivity contribution >= 4 is 80.9 Å². The number of nitrogens with one attached hydrogen (secondary N) is 2. The number of rotatable bonds is 20. The minimum atomic E-state index is -0.331. The van der Waals surface area contributed by atoms with Crippen molar-refractivity contribution < 1.29 is 43.4 Å². The van der Waals surface area contributed by atoms with E-state index >= 15 is 0 Å². The maximum absolute atomic E-state index is 12.5. The third-order valence-electron chi connectivity index (χ3n) is 11.9. The molecule has 412 valence electrons. The summed E-state index contributed by atoms with van der Waals surface area (Å²) in [7, 11) is 8.87.